The lowest BCUT2D eigenvalue weighted by atomic mass is 10.2. The van der Waals surface area contributed by atoms with E-state index in [-0.39, 0.29) is 0 Å². The molecular weight excluding hydrogens is 409 g/mol. The molecule has 29 heavy (non-hydrogen) atoms. The molecule has 1 N–H and O–H groups in total. The molecule has 3 aromatic rings. The van der Waals surface area contributed by atoms with Gasteiger partial charge in [0.1, 0.15) is 12.4 Å². The maximum Gasteiger partial charge on any atom is 0.180 e. The van der Waals surface area contributed by atoms with Crippen LogP contribution in [0.1, 0.15) is 18.1 Å². The van der Waals surface area contributed by atoms with Gasteiger partial charge in [0, 0.05) is 17.3 Å². The lowest BCUT2D eigenvalue weighted by molar-refractivity contribution is 0.284. The highest BCUT2D eigenvalue weighted by molar-refractivity contribution is 6.32. The Balaban J connectivity index is 1.67. The zero-order valence-corrected chi connectivity index (χ0v) is 17.9. The molecule has 0 aliphatic heterocycles. The van der Waals surface area contributed by atoms with Gasteiger partial charge in [0.25, 0.3) is 0 Å². The van der Waals surface area contributed by atoms with Gasteiger partial charge in [0.2, 0.25) is 0 Å². The molecule has 0 bridgehead atoms. The summed E-state index contributed by atoms with van der Waals surface area (Å²) in [5.74, 6) is 1.95. The molecule has 0 saturated heterocycles. The van der Waals surface area contributed by atoms with E-state index in [1.165, 1.54) is 0 Å². The van der Waals surface area contributed by atoms with Crippen molar-refractivity contribution in [3.63, 3.8) is 0 Å². The second kappa shape index (κ2) is 10.3. The maximum absolute atomic E-state index is 6.47. The number of hydrogen-bond acceptors (Lipinski definition) is 4. The molecule has 6 heteroatoms. The standard InChI is InChI=1S/C23H23Cl2NO3/c1-3-28-20-9-7-19(8-10-20)26-14-17-12-21(25)23(22(13-17)27-2)29-15-16-5-4-6-18(24)11-16/h4-13,26H,3,14-15H2,1-2H3. The predicted molar refractivity (Wildman–Crippen MR) is 119 cm³/mol. The molecule has 0 amide bonds. The Labute approximate surface area is 181 Å². The van der Waals surface area contributed by atoms with Crippen LogP contribution in [0.4, 0.5) is 5.69 Å². The van der Waals surface area contributed by atoms with Gasteiger partial charge in [-0.1, -0.05) is 35.3 Å². The third kappa shape index (κ3) is 5.96. The van der Waals surface area contributed by atoms with Crippen molar-refractivity contribution in [2.45, 2.75) is 20.1 Å². The van der Waals surface area contributed by atoms with E-state index in [0.29, 0.717) is 41.3 Å². The Hall–Kier alpha value is -2.56. The summed E-state index contributed by atoms with van der Waals surface area (Å²) in [5, 5.41) is 4.53. The summed E-state index contributed by atoms with van der Waals surface area (Å²) in [6, 6.07) is 19.1. The van der Waals surface area contributed by atoms with Crippen LogP contribution >= 0.6 is 23.2 Å². The van der Waals surface area contributed by atoms with Gasteiger partial charge in [-0.3, -0.25) is 0 Å². The van der Waals surface area contributed by atoms with E-state index in [1.54, 1.807) is 7.11 Å². The summed E-state index contributed by atoms with van der Waals surface area (Å²) in [6.07, 6.45) is 0. The van der Waals surface area contributed by atoms with Crippen molar-refractivity contribution in [1.82, 2.24) is 0 Å². The molecule has 0 spiro atoms. The first kappa shape index (κ1) is 21.2. The van der Waals surface area contributed by atoms with E-state index in [2.05, 4.69) is 5.32 Å². The van der Waals surface area contributed by atoms with Crippen molar-refractivity contribution in [3.05, 3.63) is 81.8 Å². The minimum absolute atomic E-state index is 0.348. The molecule has 0 aromatic heterocycles. The second-order valence-electron chi connectivity index (χ2n) is 6.34. The molecule has 0 aliphatic carbocycles. The van der Waals surface area contributed by atoms with Crippen molar-refractivity contribution in [1.29, 1.82) is 0 Å². The first-order chi connectivity index (χ1) is 14.1. The van der Waals surface area contributed by atoms with Gasteiger partial charge in [-0.2, -0.15) is 0 Å². The van der Waals surface area contributed by atoms with Crippen LogP contribution in [0.15, 0.2) is 60.7 Å². The fourth-order valence-electron chi connectivity index (χ4n) is 2.84. The Morgan fingerprint density at radius 3 is 2.38 bits per heavy atom. The van der Waals surface area contributed by atoms with Crippen LogP contribution in [-0.2, 0) is 13.2 Å². The van der Waals surface area contributed by atoms with Crippen LogP contribution < -0.4 is 19.5 Å². The molecule has 0 aliphatic rings. The predicted octanol–water partition coefficient (Wildman–Crippen LogP) is 6.59. The van der Waals surface area contributed by atoms with Gasteiger partial charge in [0.15, 0.2) is 11.5 Å². The highest BCUT2D eigenvalue weighted by atomic mass is 35.5. The van der Waals surface area contributed by atoms with Gasteiger partial charge in [0.05, 0.1) is 18.7 Å². The molecule has 0 unspecified atom stereocenters. The zero-order chi connectivity index (χ0) is 20.6. The number of benzene rings is 3. The number of hydrogen-bond donors (Lipinski definition) is 1. The van der Waals surface area contributed by atoms with E-state index >= 15 is 0 Å². The SMILES string of the molecule is CCOc1ccc(NCc2cc(Cl)c(OCc3cccc(Cl)c3)c(OC)c2)cc1. The van der Waals surface area contributed by atoms with Crippen molar-refractivity contribution in [3.8, 4) is 17.2 Å². The summed E-state index contributed by atoms with van der Waals surface area (Å²) in [4.78, 5) is 0. The van der Waals surface area contributed by atoms with Gasteiger partial charge >= 0.3 is 0 Å². The molecule has 0 heterocycles. The van der Waals surface area contributed by atoms with Crippen LogP contribution in [0, 0.1) is 0 Å². The molecule has 3 rings (SSSR count). The van der Waals surface area contributed by atoms with Crippen LogP contribution in [0.3, 0.4) is 0 Å². The van der Waals surface area contributed by atoms with Crippen LogP contribution in [0.25, 0.3) is 0 Å². The third-order valence-corrected chi connectivity index (χ3v) is 4.74. The average Bonchev–Trinajstić information content (AvgIpc) is 2.72. The van der Waals surface area contributed by atoms with E-state index in [0.717, 1.165) is 22.6 Å². The Morgan fingerprint density at radius 2 is 1.69 bits per heavy atom. The average molecular weight is 432 g/mol. The third-order valence-electron chi connectivity index (χ3n) is 4.22. The number of methoxy groups -OCH3 is 1. The van der Waals surface area contributed by atoms with E-state index in [9.17, 15) is 0 Å². The zero-order valence-electron chi connectivity index (χ0n) is 16.4. The first-order valence-corrected chi connectivity index (χ1v) is 10.0. The molecule has 3 aromatic carbocycles. The van der Waals surface area contributed by atoms with Crippen molar-refractivity contribution in [2.24, 2.45) is 0 Å². The summed E-state index contributed by atoms with van der Waals surface area (Å²) in [6.45, 7) is 3.56. The highest BCUT2D eigenvalue weighted by Gasteiger charge is 2.13. The van der Waals surface area contributed by atoms with Gasteiger partial charge in [-0.25, -0.2) is 0 Å². The smallest absolute Gasteiger partial charge is 0.180 e. The van der Waals surface area contributed by atoms with Gasteiger partial charge < -0.3 is 19.5 Å². The molecule has 0 fully saturated rings. The summed E-state index contributed by atoms with van der Waals surface area (Å²) >= 11 is 12.5. The van der Waals surface area contributed by atoms with Crippen LogP contribution in [-0.4, -0.2) is 13.7 Å². The number of anilines is 1. The second-order valence-corrected chi connectivity index (χ2v) is 7.18. The van der Waals surface area contributed by atoms with Gasteiger partial charge in [-0.15, -0.1) is 0 Å². The molecule has 4 nitrogen and oxygen atoms in total. The minimum Gasteiger partial charge on any atom is -0.494 e. The Kier molecular flexibility index (Phi) is 7.50. The Morgan fingerprint density at radius 1 is 0.897 bits per heavy atom. The fraction of sp³-hybridized carbons (Fsp3) is 0.217. The van der Waals surface area contributed by atoms with E-state index < -0.39 is 0 Å². The van der Waals surface area contributed by atoms with E-state index in [1.807, 2.05) is 67.6 Å². The van der Waals surface area contributed by atoms with Crippen molar-refractivity contribution >= 4 is 28.9 Å². The lowest BCUT2D eigenvalue weighted by Crippen LogP contribution is -2.03. The van der Waals surface area contributed by atoms with Crippen LogP contribution in [0.5, 0.6) is 17.2 Å². The fourth-order valence-corrected chi connectivity index (χ4v) is 3.34. The summed E-state index contributed by atoms with van der Waals surface area (Å²) in [7, 11) is 1.60. The molecule has 152 valence electrons. The molecule has 0 radical (unpaired) electrons. The van der Waals surface area contributed by atoms with Gasteiger partial charge in [-0.05, 0) is 66.6 Å². The lowest BCUT2D eigenvalue weighted by Gasteiger charge is -2.15. The minimum atomic E-state index is 0.348. The number of ether oxygens (including phenoxy) is 3. The highest BCUT2D eigenvalue weighted by Crippen LogP contribution is 2.37. The number of halogens is 2. The number of nitrogens with one attached hydrogen (secondary N) is 1. The first-order valence-electron chi connectivity index (χ1n) is 9.29. The summed E-state index contributed by atoms with van der Waals surface area (Å²) in [5.41, 5.74) is 2.93. The quantitative estimate of drug-likeness (QED) is 0.414. The molecule has 0 saturated carbocycles. The topological polar surface area (TPSA) is 39.7 Å². The normalized spacial score (nSPS) is 10.5. The van der Waals surface area contributed by atoms with E-state index in [4.69, 9.17) is 37.4 Å². The maximum atomic E-state index is 6.47. The largest absolute Gasteiger partial charge is 0.494 e. The number of rotatable bonds is 9. The monoisotopic (exact) mass is 431 g/mol. The van der Waals surface area contributed by atoms with Crippen molar-refractivity contribution < 1.29 is 14.2 Å². The molecule has 0 atom stereocenters. The molecular formula is C23H23Cl2NO3. The summed E-state index contributed by atoms with van der Waals surface area (Å²) < 4.78 is 16.9. The Bertz CT molecular complexity index is 945. The van der Waals surface area contributed by atoms with Crippen LogP contribution in [0.2, 0.25) is 10.0 Å². The van der Waals surface area contributed by atoms with Crippen molar-refractivity contribution in [2.75, 3.05) is 19.0 Å².